The molecule has 1 aromatic rings. The molecule has 1 aromatic heterocycles. The van der Waals surface area contributed by atoms with Crippen molar-refractivity contribution in [2.45, 2.75) is 45.4 Å². The Labute approximate surface area is 104 Å². The van der Waals surface area contributed by atoms with Crippen LogP contribution >= 0.6 is 0 Å². The summed E-state index contributed by atoms with van der Waals surface area (Å²) in [6.07, 6.45) is 6.43. The summed E-state index contributed by atoms with van der Waals surface area (Å²) >= 11 is 0. The van der Waals surface area contributed by atoms with E-state index in [-0.39, 0.29) is 5.54 Å². The van der Waals surface area contributed by atoms with Gasteiger partial charge in [-0.15, -0.1) is 0 Å². The van der Waals surface area contributed by atoms with Gasteiger partial charge in [0.15, 0.2) is 0 Å². The maximum absolute atomic E-state index is 5.76. The molecule has 4 nitrogen and oxygen atoms in total. The van der Waals surface area contributed by atoms with Crippen LogP contribution in [-0.4, -0.2) is 46.3 Å². The molecule has 0 spiro atoms. The van der Waals surface area contributed by atoms with E-state index in [2.05, 4.69) is 42.1 Å². The van der Waals surface area contributed by atoms with Crippen molar-refractivity contribution >= 4 is 0 Å². The second-order valence-corrected chi connectivity index (χ2v) is 5.73. The molecule has 17 heavy (non-hydrogen) atoms. The highest BCUT2D eigenvalue weighted by atomic mass is 16.5. The van der Waals surface area contributed by atoms with E-state index >= 15 is 0 Å². The van der Waals surface area contributed by atoms with Crippen molar-refractivity contribution < 1.29 is 4.74 Å². The fourth-order valence-electron chi connectivity index (χ4n) is 2.66. The van der Waals surface area contributed by atoms with E-state index < -0.39 is 0 Å². The molecule has 0 N–H and O–H groups in total. The third-order valence-electron chi connectivity index (χ3n) is 3.31. The fourth-order valence-corrected chi connectivity index (χ4v) is 2.66. The Morgan fingerprint density at radius 3 is 2.47 bits per heavy atom. The summed E-state index contributed by atoms with van der Waals surface area (Å²) in [7, 11) is 0. The van der Waals surface area contributed by atoms with Crippen LogP contribution in [0.1, 0.15) is 27.7 Å². The molecular weight excluding hydrogens is 214 g/mol. The van der Waals surface area contributed by atoms with Gasteiger partial charge in [0.2, 0.25) is 0 Å². The summed E-state index contributed by atoms with van der Waals surface area (Å²) < 4.78 is 7.94. The zero-order valence-electron chi connectivity index (χ0n) is 11.3. The summed E-state index contributed by atoms with van der Waals surface area (Å²) in [6.45, 7) is 11.9. The van der Waals surface area contributed by atoms with E-state index in [0.29, 0.717) is 12.2 Å². The molecular formula is C13H23N3O. The molecule has 2 heterocycles. The van der Waals surface area contributed by atoms with Crippen LogP contribution < -0.4 is 0 Å². The van der Waals surface area contributed by atoms with E-state index in [1.165, 1.54) is 0 Å². The number of morpholine rings is 1. The Morgan fingerprint density at radius 2 is 1.94 bits per heavy atom. The average Bonchev–Trinajstić information content (AvgIpc) is 2.67. The minimum absolute atomic E-state index is 0.0767. The van der Waals surface area contributed by atoms with Gasteiger partial charge in [-0.25, -0.2) is 4.98 Å². The Hall–Kier alpha value is -0.870. The van der Waals surface area contributed by atoms with Crippen LogP contribution in [0.4, 0.5) is 0 Å². The molecule has 1 fully saturated rings. The second-order valence-electron chi connectivity index (χ2n) is 5.73. The predicted molar refractivity (Wildman–Crippen MR) is 68.0 cm³/mol. The standard InChI is InChI=1S/C13H23N3O/c1-11-7-15(8-12(2)17-11)9-13(3,4)16-6-5-14-10-16/h5-6,10-12H,7-9H2,1-4H3/t11-,12+. The summed E-state index contributed by atoms with van der Waals surface area (Å²) in [4.78, 5) is 6.62. The van der Waals surface area contributed by atoms with Gasteiger partial charge in [-0.2, -0.15) is 0 Å². The first-order chi connectivity index (χ1) is 7.97. The second kappa shape index (κ2) is 4.78. The van der Waals surface area contributed by atoms with Gasteiger partial charge in [0.25, 0.3) is 0 Å². The third-order valence-corrected chi connectivity index (χ3v) is 3.31. The van der Waals surface area contributed by atoms with Crippen molar-refractivity contribution in [1.82, 2.24) is 14.5 Å². The van der Waals surface area contributed by atoms with Gasteiger partial charge >= 0.3 is 0 Å². The third kappa shape index (κ3) is 3.07. The lowest BCUT2D eigenvalue weighted by atomic mass is 10.0. The van der Waals surface area contributed by atoms with Crippen molar-refractivity contribution in [3.05, 3.63) is 18.7 Å². The summed E-state index contributed by atoms with van der Waals surface area (Å²) in [5.41, 5.74) is 0.0767. The Kier molecular flexibility index (Phi) is 3.54. The first-order valence-electron chi connectivity index (χ1n) is 6.33. The zero-order chi connectivity index (χ0) is 12.5. The molecule has 2 rings (SSSR count). The number of aromatic nitrogens is 2. The number of nitrogens with zero attached hydrogens (tertiary/aromatic N) is 3. The van der Waals surface area contributed by atoms with Gasteiger partial charge in [-0.1, -0.05) is 0 Å². The molecule has 0 bridgehead atoms. The largest absolute Gasteiger partial charge is 0.373 e. The van der Waals surface area contributed by atoms with Crippen LogP contribution in [0.5, 0.6) is 0 Å². The van der Waals surface area contributed by atoms with Crippen molar-refractivity contribution in [2.24, 2.45) is 0 Å². The molecule has 0 radical (unpaired) electrons. The first kappa shape index (κ1) is 12.6. The van der Waals surface area contributed by atoms with Crippen molar-refractivity contribution in [3.63, 3.8) is 0 Å². The van der Waals surface area contributed by atoms with Crippen LogP contribution in [0.3, 0.4) is 0 Å². The summed E-state index contributed by atoms with van der Waals surface area (Å²) in [5, 5.41) is 0. The molecule has 2 atom stereocenters. The van der Waals surface area contributed by atoms with E-state index in [0.717, 1.165) is 19.6 Å². The number of hydrogen-bond acceptors (Lipinski definition) is 3. The van der Waals surface area contributed by atoms with Gasteiger partial charge < -0.3 is 9.30 Å². The van der Waals surface area contributed by atoms with Gasteiger partial charge in [-0.3, -0.25) is 4.90 Å². The highest BCUT2D eigenvalue weighted by Crippen LogP contribution is 2.19. The number of hydrogen-bond donors (Lipinski definition) is 0. The lowest BCUT2D eigenvalue weighted by Crippen LogP contribution is -2.50. The molecule has 4 heteroatoms. The van der Waals surface area contributed by atoms with Crippen LogP contribution in [0.15, 0.2) is 18.7 Å². The topological polar surface area (TPSA) is 30.3 Å². The molecule has 96 valence electrons. The predicted octanol–water partition coefficient (Wildman–Crippen LogP) is 1.73. The number of rotatable bonds is 3. The lowest BCUT2D eigenvalue weighted by Gasteiger charge is -2.40. The minimum atomic E-state index is 0.0767. The molecule has 0 amide bonds. The van der Waals surface area contributed by atoms with E-state index in [1.54, 1.807) is 0 Å². The van der Waals surface area contributed by atoms with Crippen LogP contribution in [-0.2, 0) is 10.3 Å². The van der Waals surface area contributed by atoms with E-state index in [9.17, 15) is 0 Å². The maximum Gasteiger partial charge on any atom is 0.0951 e. The van der Waals surface area contributed by atoms with Crippen molar-refractivity contribution in [2.75, 3.05) is 19.6 Å². The smallest absolute Gasteiger partial charge is 0.0951 e. The average molecular weight is 237 g/mol. The maximum atomic E-state index is 5.76. The molecule has 0 saturated carbocycles. The fraction of sp³-hybridized carbons (Fsp3) is 0.769. The van der Waals surface area contributed by atoms with Gasteiger partial charge in [0, 0.05) is 32.0 Å². The Balaban J connectivity index is 2.00. The summed E-state index contributed by atoms with van der Waals surface area (Å²) in [5.74, 6) is 0. The van der Waals surface area contributed by atoms with Crippen molar-refractivity contribution in [3.8, 4) is 0 Å². The van der Waals surface area contributed by atoms with Gasteiger partial charge in [0.1, 0.15) is 0 Å². The molecule has 0 aliphatic carbocycles. The molecule has 1 aliphatic heterocycles. The highest BCUT2D eigenvalue weighted by Gasteiger charge is 2.28. The molecule has 0 aromatic carbocycles. The van der Waals surface area contributed by atoms with Crippen LogP contribution in [0.2, 0.25) is 0 Å². The number of ether oxygens (including phenoxy) is 1. The SMILES string of the molecule is C[C@@H]1CN(CC(C)(C)n2ccnc2)C[C@H](C)O1. The van der Waals surface area contributed by atoms with Crippen LogP contribution in [0, 0.1) is 0 Å². The summed E-state index contributed by atoms with van der Waals surface area (Å²) in [6, 6.07) is 0. The van der Waals surface area contributed by atoms with E-state index in [4.69, 9.17) is 4.74 Å². The van der Waals surface area contributed by atoms with Gasteiger partial charge in [0.05, 0.1) is 24.1 Å². The molecule has 0 unspecified atom stereocenters. The lowest BCUT2D eigenvalue weighted by molar-refractivity contribution is -0.0747. The van der Waals surface area contributed by atoms with Crippen molar-refractivity contribution in [1.29, 1.82) is 0 Å². The van der Waals surface area contributed by atoms with Gasteiger partial charge in [-0.05, 0) is 27.7 Å². The molecule has 1 aliphatic rings. The monoisotopic (exact) mass is 237 g/mol. The van der Waals surface area contributed by atoms with E-state index in [1.807, 2.05) is 18.7 Å². The number of imidazole rings is 1. The Bertz CT molecular complexity index is 338. The quantitative estimate of drug-likeness (QED) is 0.802. The first-order valence-corrected chi connectivity index (χ1v) is 6.33. The Morgan fingerprint density at radius 1 is 1.29 bits per heavy atom. The highest BCUT2D eigenvalue weighted by molar-refractivity contribution is 4.89. The molecule has 1 saturated heterocycles. The zero-order valence-corrected chi connectivity index (χ0v) is 11.3. The minimum Gasteiger partial charge on any atom is -0.373 e. The van der Waals surface area contributed by atoms with Crippen LogP contribution in [0.25, 0.3) is 0 Å². The normalized spacial score (nSPS) is 27.3.